The highest BCUT2D eigenvalue weighted by Crippen LogP contribution is 2.42. The van der Waals surface area contributed by atoms with E-state index in [4.69, 9.17) is 9.47 Å². The Hall–Kier alpha value is -1.34. The van der Waals surface area contributed by atoms with Gasteiger partial charge in [0.1, 0.15) is 17.1 Å². The molecule has 2 aromatic rings. The van der Waals surface area contributed by atoms with E-state index in [0.29, 0.717) is 37.7 Å². The van der Waals surface area contributed by atoms with Crippen LogP contribution in [0, 0.1) is 6.92 Å². The number of thioether (sulfide) groups is 1. The SMILES string of the molecule is Cc1ccc(S[C@@]2(CN3CCOCC3)COc3ccc(Br)cc3C2=O)cc1. The first kappa shape index (κ1) is 19.0. The van der Waals surface area contributed by atoms with Crippen molar-refractivity contribution < 1.29 is 14.3 Å². The van der Waals surface area contributed by atoms with Crippen molar-refractivity contribution in [2.45, 2.75) is 16.6 Å². The number of halogens is 1. The number of hydrogen-bond donors (Lipinski definition) is 0. The van der Waals surface area contributed by atoms with E-state index < -0.39 is 4.75 Å². The number of nitrogens with zero attached hydrogens (tertiary/aromatic N) is 1. The van der Waals surface area contributed by atoms with Gasteiger partial charge in [0.15, 0.2) is 5.78 Å². The zero-order chi connectivity index (χ0) is 18.9. The minimum Gasteiger partial charge on any atom is -0.491 e. The van der Waals surface area contributed by atoms with Crippen molar-refractivity contribution in [2.24, 2.45) is 0 Å². The number of aryl methyl sites for hydroxylation is 1. The van der Waals surface area contributed by atoms with E-state index in [2.05, 4.69) is 52.0 Å². The maximum atomic E-state index is 13.7. The highest BCUT2D eigenvalue weighted by atomic mass is 79.9. The van der Waals surface area contributed by atoms with Crippen molar-refractivity contribution in [1.82, 2.24) is 4.90 Å². The Balaban J connectivity index is 1.69. The van der Waals surface area contributed by atoms with E-state index in [9.17, 15) is 4.79 Å². The molecule has 1 fully saturated rings. The van der Waals surface area contributed by atoms with Crippen molar-refractivity contribution in [3.05, 3.63) is 58.1 Å². The van der Waals surface area contributed by atoms with Crippen LogP contribution >= 0.6 is 27.7 Å². The number of rotatable bonds is 4. The summed E-state index contributed by atoms with van der Waals surface area (Å²) in [7, 11) is 0. The molecule has 0 N–H and O–H groups in total. The first-order valence-corrected chi connectivity index (χ1v) is 10.7. The van der Waals surface area contributed by atoms with Crippen LogP contribution in [0.5, 0.6) is 5.75 Å². The molecule has 6 heteroatoms. The Morgan fingerprint density at radius 3 is 2.63 bits per heavy atom. The van der Waals surface area contributed by atoms with Crippen molar-refractivity contribution in [2.75, 3.05) is 39.5 Å². The first-order valence-electron chi connectivity index (χ1n) is 9.09. The summed E-state index contributed by atoms with van der Waals surface area (Å²) in [5.41, 5.74) is 1.87. The molecule has 0 bridgehead atoms. The summed E-state index contributed by atoms with van der Waals surface area (Å²) in [6, 6.07) is 14.0. The Kier molecular flexibility index (Phi) is 5.60. The summed E-state index contributed by atoms with van der Waals surface area (Å²) in [6.45, 7) is 6.20. The standard InChI is InChI=1S/C21H22BrNO3S/c1-15-2-5-17(6-3-15)27-21(13-23-8-10-25-11-9-23)14-26-19-7-4-16(22)12-18(19)20(21)24/h2-7,12H,8-11,13-14H2,1H3/t21-/m0/s1. The van der Waals surface area contributed by atoms with Crippen LogP contribution in [0.15, 0.2) is 51.8 Å². The lowest BCUT2D eigenvalue weighted by molar-refractivity contribution is 0.0287. The molecule has 2 aromatic carbocycles. The minimum atomic E-state index is -0.666. The summed E-state index contributed by atoms with van der Waals surface area (Å²) >= 11 is 5.11. The van der Waals surface area contributed by atoms with Gasteiger partial charge in [-0.2, -0.15) is 0 Å². The molecule has 0 amide bonds. The van der Waals surface area contributed by atoms with Gasteiger partial charge in [-0.1, -0.05) is 33.6 Å². The third-order valence-corrected chi connectivity index (χ3v) is 6.80. The molecule has 142 valence electrons. The number of ketones is 1. The molecular formula is C21H22BrNO3S. The number of carbonyl (C=O) groups is 1. The maximum absolute atomic E-state index is 13.7. The lowest BCUT2D eigenvalue weighted by Crippen LogP contribution is -2.54. The van der Waals surface area contributed by atoms with Gasteiger partial charge in [-0.25, -0.2) is 0 Å². The van der Waals surface area contributed by atoms with Gasteiger partial charge < -0.3 is 9.47 Å². The maximum Gasteiger partial charge on any atom is 0.187 e. The van der Waals surface area contributed by atoms with Crippen LogP contribution in [0.3, 0.4) is 0 Å². The Morgan fingerprint density at radius 2 is 1.89 bits per heavy atom. The van der Waals surface area contributed by atoms with E-state index in [-0.39, 0.29) is 5.78 Å². The highest BCUT2D eigenvalue weighted by molar-refractivity contribution is 9.10. The quantitative estimate of drug-likeness (QED) is 0.701. The van der Waals surface area contributed by atoms with Gasteiger partial charge in [-0.15, -0.1) is 11.8 Å². The molecule has 0 unspecified atom stereocenters. The zero-order valence-corrected chi connectivity index (χ0v) is 17.6. The van der Waals surface area contributed by atoms with E-state index in [0.717, 1.165) is 22.5 Å². The molecule has 2 aliphatic heterocycles. The molecule has 27 heavy (non-hydrogen) atoms. The van der Waals surface area contributed by atoms with E-state index in [1.807, 2.05) is 18.2 Å². The predicted octanol–water partition coefficient (Wildman–Crippen LogP) is 4.20. The van der Waals surface area contributed by atoms with Gasteiger partial charge in [0.05, 0.1) is 18.8 Å². The molecular weight excluding hydrogens is 426 g/mol. The number of hydrogen-bond acceptors (Lipinski definition) is 5. The monoisotopic (exact) mass is 447 g/mol. The molecule has 0 aromatic heterocycles. The van der Waals surface area contributed by atoms with Gasteiger partial charge in [-0.05, 0) is 37.3 Å². The van der Waals surface area contributed by atoms with Crippen molar-refractivity contribution >= 4 is 33.5 Å². The molecule has 2 heterocycles. The molecule has 0 aliphatic carbocycles. The average molecular weight is 448 g/mol. The number of benzene rings is 2. The normalized spacial score (nSPS) is 23.0. The van der Waals surface area contributed by atoms with Crippen LogP contribution in [-0.4, -0.2) is 54.9 Å². The summed E-state index contributed by atoms with van der Waals surface area (Å²) < 4.78 is 11.8. The largest absolute Gasteiger partial charge is 0.491 e. The number of ether oxygens (including phenoxy) is 2. The van der Waals surface area contributed by atoms with Crippen molar-refractivity contribution in [1.29, 1.82) is 0 Å². The van der Waals surface area contributed by atoms with Crippen LogP contribution in [0.1, 0.15) is 15.9 Å². The fraction of sp³-hybridized carbons (Fsp3) is 0.381. The molecule has 0 radical (unpaired) electrons. The van der Waals surface area contributed by atoms with E-state index >= 15 is 0 Å². The summed E-state index contributed by atoms with van der Waals surface area (Å²) in [4.78, 5) is 17.1. The van der Waals surface area contributed by atoms with Gasteiger partial charge in [0, 0.05) is 29.0 Å². The van der Waals surface area contributed by atoms with Gasteiger partial charge in [-0.3, -0.25) is 9.69 Å². The van der Waals surface area contributed by atoms with Crippen LogP contribution in [0.4, 0.5) is 0 Å². The summed E-state index contributed by atoms with van der Waals surface area (Å²) in [5.74, 6) is 0.812. The molecule has 1 atom stereocenters. The van der Waals surface area contributed by atoms with Crippen LogP contribution in [0.2, 0.25) is 0 Å². The molecule has 0 saturated carbocycles. The molecule has 4 rings (SSSR count). The third-order valence-electron chi connectivity index (χ3n) is 4.98. The summed E-state index contributed by atoms with van der Waals surface area (Å²) in [5, 5.41) is 0. The second-order valence-electron chi connectivity index (χ2n) is 7.06. The molecule has 1 saturated heterocycles. The second-order valence-corrected chi connectivity index (χ2v) is 9.43. The lowest BCUT2D eigenvalue weighted by Gasteiger charge is -2.40. The number of fused-ring (bicyclic) bond motifs is 1. The molecule has 4 nitrogen and oxygen atoms in total. The van der Waals surface area contributed by atoms with Crippen LogP contribution < -0.4 is 4.74 Å². The van der Waals surface area contributed by atoms with Crippen LogP contribution in [-0.2, 0) is 4.74 Å². The van der Waals surface area contributed by atoms with Crippen molar-refractivity contribution in [3.63, 3.8) is 0 Å². The van der Waals surface area contributed by atoms with Crippen molar-refractivity contribution in [3.8, 4) is 5.75 Å². The van der Waals surface area contributed by atoms with E-state index in [1.165, 1.54) is 5.56 Å². The number of morpholine rings is 1. The first-order chi connectivity index (χ1) is 13.1. The Labute approximate surface area is 172 Å². The average Bonchev–Trinajstić information content (AvgIpc) is 2.68. The van der Waals surface area contributed by atoms with Gasteiger partial charge in [0.2, 0.25) is 0 Å². The number of Topliss-reactive ketones (excluding diaryl/α,β-unsaturated/α-hetero) is 1. The van der Waals surface area contributed by atoms with Gasteiger partial charge in [0.25, 0.3) is 0 Å². The Bertz CT molecular complexity index is 836. The molecule has 0 spiro atoms. The smallest absolute Gasteiger partial charge is 0.187 e. The predicted molar refractivity (Wildman–Crippen MR) is 111 cm³/mol. The van der Waals surface area contributed by atoms with Crippen LogP contribution in [0.25, 0.3) is 0 Å². The summed E-state index contributed by atoms with van der Waals surface area (Å²) in [6.07, 6.45) is 0. The zero-order valence-electron chi connectivity index (χ0n) is 15.2. The van der Waals surface area contributed by atoms with Gasteiger partial charge >= 0.3 is 0 Å². The fourth-order valence-electron chi connectivity index (χ4n) is 3.49. The fourth-order valence-corrected chi connectivity index (χ4v) is 5.14. The topological polar surface area (TPSA) is 38.8 Å². The number of carbonyl (C=O) groups excluding carboxylic acids is 1. The van der Waals surface area contributed by atoms with E-state index in [1.54, 1.807) is 11.8 Å². The molecule has 2 aliphatic rings. The lowest BCUT2D eigenvalue weighted by atomic mass is 9.93. The second kappa shape index (κ2) is 7.95. The highest BCUT2D eigenvalue weighted by Gasteiger charge is 2.46. The minimum absolute atomic E-state index is 0.141. The third kappa shape index (κ3) is 4.09. The Morgan fingerprint density at radius 1 is 1.15 bits per heavy atom.